The van der Waals surface area contributed by atoms with Crippen molar-refractivity contribution in [3.63, 3.8) is 0 Å². The van der Waals surface area contributed by atoms with E-state index in [1.54, 1.807) is 17.4 Å². The molecular formula is C9H9NO2S. The van der Waals surface area contributed by atoms with Crippen LogP contribution in [0.3, 0.4) is 0 Å². The van der Waals surface area contributed by atoms with Crippen LogP contribution < -0.4 is 5.32 Å². The van der Waals surface area contributed by atoms with Crippen LogP contribution in [0, 0.1) is 0 Å². The van der Waals surface area contributed by atoms with Crippen LogP contribution in [0.4, 0.5) is 0 Å². The van der Waals surface area contributed by atoms with Crippen molar-refractivity contribution in [2.24, 2.45) is 0 Å². The third-order valence-electron chi connectivity index (χ3n) is 1.98. The maximum Gasteiger partial charge on any atom is 0.324 e. The summed E-state index contributed by atoms with van der Waals surface area (Å²) in [4.78, 5) is 11.8. The van der Waals surface area contributed by atoms with E-state index in [4.69, 9.17) is 5.11 Å². The SMILES string of the molecule is O=C(O)C1C=C(c2cccs2)CN1. The van der Waals surface area contributed by atoms with Gasteiger partial charge in [0.2, 0.25) is 0 Å². The zero-order chi connectivity index (χ0) is 9.26. The fourth-order valence-electron chi connectivity index (χ4n) is 1.33. The first-order chi connectivity index (χ1) is 6.27. The Morgan fingerprint density at radius 2 is 2.54 bits per heavy atom. The number of nitrogens with one attached hydrogen (secondary N) is 1. The zero-order valence-corrected chi connectivity index (χ0v) is 7.67. The Labute approximate surface area is 79.7 Å². The standard InChI is InChI=1S/C9H9NO2S/c11-9(12)7-4-6(5-10-7)8-2-1-3-13-8/h1-4,7,10H,5H2,(H,11,12). The average Bonchev–Trinajstić information content (AvgIpc) is 2.75. The van der Waals surface area contributed by atoms with Crippen LogP contribution in [0.15, 0.2) is 23.6 Å². The predicted molar refractivity (Wildman–Crippen MR) is 51.7 cm³/mol. The average molecular weight is 195 g/mol. The molecule has 2 heterocycles. The van der Waals surface area contributed by atoms with Crippen molar-refractivity contribution >= 4 is 22.9 Å². The first-order valence-electron chi connectivity index (χ1n) is 3.98. The maximum atomic E-state index is 10.6. The van der Waals surface area contributed by atoms with Crippen LogP contribution in [0.2, 0.25) is 0 Å². The fourth-order valence-corrected chi connectivity index (χ4v) is 2.08. The van der Waals surface area contributed by atoms with Crippen molar-refractivity contribution in [3.05, 3.63) is 28.5 Å². The molecule has 0 saturated carbocycles. The molecule has 13 heavy (non-hydrogen) atoms. The summed E-state index contributed by atoms with van der Waals surface area (Å²) in [6, 6.07) is 3.45. The minimum absolute atomic E-state index is 0.517. The number of carboxylic acids is 1. The van der Waals surface area contributed by atoms with E-state index in [0.717, 1.165) is 10.5 Å². The summed E-state index contributed by atoms with van der Waals surface area (Å²) in [5, 5.41) is 13.6. The Bertz CT molecular complexity index is 343. The van der Waals surface area contributed by atoms with Crippen LogP contribution in [0.25, 0.3) is 5.57 Å². The van der Waals surface area contributed by atoms with Crippen molar-refractivity contribution in [2.75, 3.05) is 6.54 Å². The van der Waals surface area contributed by atoms with Crippen LogP contribution >= 0.6 is 11.3 Å². The number of aliphatic carboxylic acids is 1. The lowest BCUT2D eigenvalue weighted by atomic mass is 10.2. The van der Waals surface area contributed by atoms with E-state index in [2.05, 4.69) is 5.32 Å². The van der Waals surface area contributed by atoms with Crippen molar-refractivity contribution in [3.8, 4) is 0 Å². The number of rotatable bonds is 2. The summed E-state index contributed by atoms with van der Waals surface area (Å²) >= 11 is 1.63. The Kier molecular flexibility index (Phi) is 2.16. The summed E-state index contributed by atoms with van der Waals surface area (Å²) in [5.74, 6) is -0.813. The van der Waals surface area contributed by atoms with Crippen LogP contribution in [0.1, 0.15) is 4.88 Å². The van der Waals surface area contributed by atoms with E-state index in [-0.39, 0.29) is 0 Å². The van der Waals surface area contributed by atoms with Crippen molar-refractivity contribution in [2.45, 2.75) is 6.04 Å². The Balaban J connectivity index is 2.20. The van der Waals surface area contributed by atoms with Gasteiger partial charge in [-0.15, -0.1) is 11.3 Å². The highest BCUT2D eigenvalue weighted by Gasteiger charge is 2.21. The zero-order valence-electron chi connectivity index (χ0n) is 6.86. The van der Waals surface area contributed by atoms with E-state index in [1.165, 1.54) is 0 Å². The second-order valence-electron chi connectivity index (χ2n) is 2.87. The molecule has 3 nitrogen and oxygen atoms in total. The van der Waals surface area contributed by atoms with Crippen molar-refractivity contribution in [1.29, 1.82) is 0 Å². The molecule has 68 valence electrons. The lowest BCUT2D eigenvalue weighted by Crippen LogP contribution is -2.30. The molecule has 1 atom stereocenters. The van der Waals surface area contributed by atoms with Gasteiger partial charge in [-0.25, -0.2) is 0 Å². The van der Waals surface area contributed by atoms with Crippen LogP contribution in [0.5, 0.6) is 0 Å². The molecule has 0 fully saturated rings. The molecule has 0 amide bonds. The lowest BCUT2D eigenvalue weighted by Gasteiger charge is -1.98. The number of carboxylic acid groups (broad SMARTS) is 1. The van der Waals surface area contributed by atoms with Crippen molar-refractivity contribution in [1.82, 2.24) is 5.32 Å². The third-order valence-corrected chi connectivity index (χ3v) is 2.93. The molecular weight excluding hydrogens is 186 g/mol. The first-order valence-corrected chi connectivity index (χ1v) is 4.86. The highest BCUT2D eigenvalue weighted by Crippen LogP contribution is 2.23. The van der Waals surface area contributed by atoms with Gasteiger partial charge in [0.05, 0.1) is 0 Å². The molecule has 0 spiro atoms. The monoisotopic (exact) mass is 195 g/mol. The van der Waals surface area contributed by atoms with Gasteiger partial charge in [-0.3, -0.25) is 10.1 Å². The Morgan fingerprint density at radius 1 is 1.69 bits per heavy atom. The normalized spacial score (nSPS) is 21.5. The molecule has 2 rings (SSSR count). The topological polar surface area (TPSA) is 49.3 Å². The molecule has 0 saturated heterocycles. The van der Waals surface area contributed by atoms with Gasteiger partial charge in [-0.2, -0.15) is 0 Å². The van der Waals surface area contributed by atoms with Gasteiger partial charge in [-0.1, -0.05) is 12.1 Å². The Morgan fingerprint density at radius 3 is 3.08 bits per heavy atom. The van der Waals surface area contributed by atoms with Crippen LogP contribution in [-0.4, -0.2) is 23.7 Å². The van der Waals surface area contributed by atoms with E-state index in [0.29, 0.717) is 6.54 Å². The summed E-state index contributed by atoms with van der Waals surface area (Å²) in [6.07, 6.45) is 1.77. The molecule has 1 aromatic rings. The van der Waals surface area contributed by atoms with Gasteiger partial charge in [0.15, 0.2) is 0 Å². The summed E-state index contributed by atoms with van der Waals surface area (Å²) in [5.41, 5.74) is 1.09. The van der Waals surface area contributed by atoms with E-state index in [1.807, 2.05) is 17.5 Å². The lowest BCUT2D eigenvalue weighted by molar-refractivity contribution is -0.137. The maximum absolute atomic E-state index is 10.6. The number of hydrogen-bond acceptors (Lipinski definition) is 3. The predicted octanol–water partition coefficient (Wildman–Crippen LogP) is 1.19. The number of thiophene rings is 1. The van der Waals surface area contributed by atoms with Gasteiger partial charge in [-0.05, 0) is 17.0 Å². The molecule has 1 aromatic heterocycles. The van der Waals surface area contributed by atoms with Gasteiger partial charge in [0.1, 0.15) is 6.04 Å². The molecule has 4 heteroatoms. The van der Waals surface area contributed by atoms with Gasteiger partial charge in [0, 0.05) is 11.4 Å². The smallest absolute Gasteiger partial charge is 0.324 e. The largest absolute Gasteiger partial charge is 0.480 e. The van der Waals surface area contributed by atoms with Gasteiger partial charge < -0.3 is 5.11 Å². The van der Waals surface area contributed by atoms with E-state index < -0.39 is 12.0 Å². The van der Waals surface area contributed by atoms with Gasteiger partial charge >= 0.3 is 5.97 Å². The highest BCUT2D eigenvalue weighted by molar-refractivity contribution is 7.11. The third kappa shape index (κ3) is 1.64. The minimum Gasteiger partial charge on any atom is -0.480 e. The summed E-state index contributed by atoms with van der Waals surface area (Å²) < 4.78 is 0. The fraction of sp³-hybridized carbons (Fsp3) is 0.222. The molecule has 0 radical (unpaired) electrons. The van der Waals surface area contributed by atoms with Crippen LogP contribution in [-0.2, 0) is 4.79 Å². The highest BCUT2D eigenvalue weighted by atomic mass is 32.1. The van der Waals surface area contributed by atoms with E-state index in [9.17, 15) is 4.79 Å². The Hall–Kier alpha value is -1.13. The molecule has 2 N–H and O–H groups in total. The number of hydrogen-bond donors (Lipinski definition) is 2. The molecule has 1 unspecified atom stereocenters. The van der Waals surface area contributed by atoms with Crippen molar-refractivity contribution < 1.29 is 9.90 Å². The summed E-state index contributed by atoms with van der Waals surface area (Å²) in [6.45, 7) is 0.650. The van der Waals surface area contributed by atoms with E-state index >= 15 is 0 Å². The molecule has 0 aromatic carbocycles. The first kappa shape index (κ1) is 8.47. The summed E-state index contributed by atoms with van der Waals surface area (Å²) in [7, 11) is 0. The second kappa shape index (κ2) is 3.32. The molecule has 0 aliphatic carbocycles. The second-order valence-corrected chi connectivity index (χ2v) is 3.81. The molecule has 1 aliphatic heterocycles. The quantitative estimate of drug-likeness (QED) is 0.745. The molecule has 1 aliphatic rings. The minimum atomic E-state index is -0.813. The van der Waals surface area contributed by atoms with Gasteiger partial charge in [0.25, 0.3) is 0 Å². The molecule has 0 bridgehead atoms. The number of carbonyl (C=O) groups is 1.